The van der Waals surface area contributed by atoms with Gasteiger partial charge in [0.25, 0.3) is 0 Å². The largest absolute Gasteiger partial charge is 0.492 e. The summed E-state index contributed by atoms with van der Waals surface area (Å²) >= 11 is 5.10. The molecule has 2 aromatic carbocycles. The average Bonchev–Trinajstić information content (AvgIpc) is 2.51. The van der Waals surface area contributed by atoms with Crippen LogP contribution in [0.25, 0.3) is 0 Å². The van der Waals surface area contributed by atoms with E-state index in [-0.39, 0.29) is 5.91 Å². The first-order valence-corrected chi connectivity index (χ1v) is 8.98. The number of benzene rings is 2. The molecule has 2 aromatic rings. The standard InChI is InChI=1S/C17H18BrNO2S/c1-2-21-16-10-6-5-9-15(16)19-17(20)12-22-11-13-7-3-4-8-14(13)18/h3-10H,2,11-12H2,1H3,(H,19,20). The third-order valence-electron chi connectivity index (χ3n) is 2.91. The molecule has 0 fully saturated rings. The van der Waals surface area contributed by atoms with Crippen LogP contribution in [0, 0.1) is 0 Å². The smallest absolute Gasteiger partial charge is 0.234 e. The van der Waals surface area contributed by atoms with Gasteiger partial charge >= 0.3 is 0 Å². The number of hydrogen-bond acceptors (Lipinski definition) is 3. The Morgan fingerprint density at radius 2 is 1.91 bits per heavy atom. The molecule has 1 N–H and O–H groups in total. The summed E-state index contributed by atoms with van der Waals surface area (Å²) in [5.74, 6) is 1.88. The Bertz CT molecular complexity index is 634. The van der Waals surface area contributed by atoms with E-state index in [0.717, 1.165) is 15.9 Å². The number of nitrogens with one attached hydrogen (secondary N) is 1. The quantitative estimate of drug-likeness (QED) is 0.756. The number of thioether (sulfide) groups is 1. The zero-order valence-corrected chi connectivity index (χ0v) is 14.7. The number of carbonyl (C=O) groups excluding carboxylic acids is 1. The summed E-state index contributed by atoms with van der Waals surface area (Å²) in [4.78, 5) is 12.0. The molecule has 2 rings (SSSR count). The summed E-state index contributed by atoms with van der Waals surface area (Å²) in [5.41, 5.74) is 1.91. The molecule has 0 radical (unpaired) electrons. The lowest BCUT2D eigenvalue weighted by atomic mass is 10.2. The zero-order valence-electron chi connectivity index (χ0n) is 12.3. The maximum atomic E-state index is 12.0. The lowest BCUT2D eigenvalue weighted by Crippen LogP contribution is -2.15. The second kappa shape index (κ2) is 8.86. The van der Waals surface area contributed by atoms with E-state index < -0.39 is 0 Å². The number of anilines is 1. The maximum absolute atomic E-state index is 12.0. The van der Waals surface area contributed by atoms with Crippen LogP contribution < -0.4 is 10.1 Å². The van der Waals surface area contributed by atoms with Crippen molar-refractivity contribution < 1.29 is 9.53 Å². The van der Waals surface area contributed by atoms with Gasteiger partial charge in [-0.3, -0.25) is 4.79 Å². The molecule has 0 aliphatic rings. The van der Waals surface area contributed by atoms with Gasteiger partial charge in [0.2, 0.25) is 5.91 Å². The summed E-state index contributed by atoms with van der Waals surface area (Å²) in [5, 5.41) is 2.90. The molecule has 3 nitrogen and oxygen atoms in total. The highest BCUT2D eigenvalue weighted by molar-refractivity contribution is 9.10. The van der Waals surface area contributed by atoms with Gasteiger partial charge in [-0.25, -0.2) is 0 Å². The average molecular weight is 380 g/mol. The number of para-hydroxylation sites is 2. The molecule has 0 aliphatic carbocycles. The minimum Gasteiger partial charge on any atom is -0.492 e. The second-order valence-electron chi connectivity index (χ2n) is 4.56. The fraction of sp³-hybridized carbons (Fsp3) is 0.235. The molecular weight excluding hydrogens is 362 g/mol. The van der Waals surface area contributed by atoms with Gasteiger partial charge in [-0.05, 0) is 30.7 Å². The minimum atomic E-state index is -0.0239. The molecule has 0 unspecified atom stereocenters. The molecule has 0 aliphatic heterocycles. The fourth-order valence-corrected chi connectivity index (χ4v) is 3.35. The summed E-state index contributed by atoms with van der Waals surface area (Å²) < 4.78 is 6.57. The van der Waals surface area contributed by atoms with Crippen LogP contribution in [0.5, 0.6) is 5.75 Å². The third-order valence-corrected chi connectivity index (χ3v) is 4.66. The number of hydrogen-bond donors (Lipinski definition) is 1. The van der Waals surface area contributed by atoms with Crippen molar-refractivity contribution in [3.63, 3.8) is 0 Å². The van der Waals surface area contributed by atoms with E-state index in [1.165, 1.54) is 5.56 Å². The van der Waals surface area contributed by atoms with Crippen molar-refractivity contribution in [2.75, 3.05) is 17.7 Å². The van der Waals surface area contributed by atoms with Crippen molar-refractivity contribution in [2.24, 2.45) is 0 Å². The number of halogens is 1. The molecule has 0 saturated heterocycles. The number of ether oxygens (including phenoxy) is 1. The van der Waals surface area contributed by atoms with E-state index >= 15 is 0 Å². The van der Waals surface area contributed by atoms with Crippen molar-refractivity contribution in [3.8, 4) is 5.75 Å². The van der Waals surface area contributed by atoms with Crippen molar-refractivity contribution in [1.29, 1.82) is 0 Å². The van der Waals surface area contributed by atoms with Crippen LogP contribution in [0.15, 0.2) is 53.0 Å². The molecule has 0 atom stereocenters. The van der Waals surface area contributed by atoms with E-state index in [2.05, 4.69) is 27.3 Å². The summed E-state index contributed by atoms with van der Waals surface area (Å²) in [6, 6.07) is 15.5. The summed E-state index contributed by atoms with van der Waals surface area (Å²) in [7, 11) is 0. The fourth-order valence-electron chi connectivity index (χ4n) is 1.91. The van der Waals surface area contributed by atoms with Gasteiger partial charge < -0.3 is 10.1 Å². The molecule has 22 heavy (non-hydrogen) atoms. The lowest BCUT2D eigenvalue weighted by molar-refractivity contribution is -0.113. The number of amides is 1. The van der Waals surface area contributed by atoms with E-state index in [0.29, 0.717) is 18.1 Å². The van der Waals surface area contributed by atoms with Crippen molar-refractivity contribution in [1.82, 2.24) is 0 Å². The lowest BCUT2D eigenvalue weighted by Gasteiger charge is -2.11. The van der Waals surface area contributed by atoms with Gasteiger partial charge in [-0.1, -0.05) is 46.3 Å². The molecule has 0 spiro atoms. The van der Waals surface area contributed by atoms with Gasteiger partial charge in [0.15, 0.2) is 0 Å². The van der Waals surface area contributed by atoms with Gasteiger partial charge in [0.1, 0.15) is 5.75 Å². The van der Waals surface area contributed by atoms with Crippen LogP contribution in [-0.2, 0) is 10.5 Å². The molecule has 0 heterocycles. The van der Waals surface area contributed by atoms with Crippen LogP contribution >= 0.6 is 27.7 Å². The SMILES string of the molecule is CCOc1ccccc1NC(=O)CSCc1ccccc1Br. The second-order valence-corrected chi connectivity index (χ2v) is 6.40. The van der Waals surface area contributed by atoms with E-state index in [9.17, 15) is 4.79 Å². The molecule has 5 heteroatoms. The molecule has 116 valence electrons. The van der Waals surface area contributed by atoms with Gasteiger partial charge in [-0.15, -0.1) is 11.8 Å². The highest BCUT2D eigenvalue weighted by Gasteiger charge is 2.08. The van der Waals surface area contributed by atoms with Crippen LogP contribution in [-0.4, -0.2) is 18.3 Å². The third kappa shape index (κ3) is 5.07. The first kappa shape index (κ1) is 16.9. The Balaban J connectivity index is 1.85. The first-order chi connectivity index (χ1) is 10.7. The summed E-state index contributed by atoms with van der Waals surface area (Å²) in [6.45, 7) is 2.50. The molecule has 0 aromatic heterocycles. The van der Waals surface area contributed by atoms with E-state index in [4.69, 9.17) is 4.74 Å². The summed E-state index contributed by atoms with van der Waals surface area (Å²) in [6.07, 6.45) is 0. The normalized spacial score (nSPS) is 10.3. The predicted octanol–water partition coefficient (Wildman–Crippen LogP) is 4.72. The maximum Gasteiger partial charge on any atom is 0.234 e. The topological polar surface area (TPSA) is 38.3 Å². The Hall–Kier alpha value is -1.46. The highest BCUT2D eigenvalue weighted by atomic mass is 79.9. The minimum absolute atomic E-state index is 0.0239. The Morgan fingerprint density at radius 1 is 1.18 bits per heavy atom. The van der Waals surface area contributed by atoms with Crippen LogP contribution in [0.4, 0.5) is 5.69 Å². The van der Waals surface area contributed by atoms with Crippen molar-refractivity contribution in [2.45, 2.75) is 12.7 Å². The molecule has 0 bridgehead atoms. The van der Waals surface area contributed by atoms with Crippen molar-refractivity contribution >= 4 is 39.3 Å². The van der Waals surface area contributed by atoms with E-state index in [1.54, 1.807) is 11.8 Å². The molecular formula is C17H18BrNO2S. The van der Waals surface area contributed by atoms with E-state index in [1.807, 2.05) is 49.4 Å². The van der Waals surface area contributed by atoms with Crippen LogP contribution in [0.3, 0.4) is 0 Å². The Morgan fingerprint density at radius 3 is 2.68 bits per heavy atom. The van der Waals surface area contributed by atoms with Gasteiger partial charge in [0, 0.05) is 10.2 Å². The Labute approximate surface area is 143 Å². The van der Waals surface area contributed by atoms with Crippen LogP contribution in [0.1, 0.15) is 12.5 Å². The predicted molar refractivity (Wildman–Crippen MR) is 96.5 cm³/mol. The first-order valence-electron chi connectivity index (χ1n) is 7.03. The molecule has 0 saturated carbocycles. The zero-order chi connectivity index (χ0) is 15.8. The Kier molecular flexibility index (Phi) is 6.80. The number of carbonyl (C=O) groups is 1. The molecule has 1 amide bonds. The monoisotopic (exact) mass is 379 g/mol. The van der Waals surface area contributed by atoms with Crippen LogP contribution in [0.2, 0.25) is 0 Å². The number of rotatable bonds is 7. The van der Waals surface area contributed by atoms with Crippen molar-refractivity contribution in [3.05, 3.63) is 58.6 Å². The highest BCUT2D eigenvalue weighted by Crippen LogP contribution is 2.25. The van der Waals surface area contributed by atoms with Gasteiger partial charge in [0.05, 0.1) is 18.0 Å². The van der Waals surface area contributed by atoms with Gasteiger partial charge in [-0.2, -0.15) is 0 Å².